The van der Waals surface area contributed by atoms with E-state index in [1.54, 1.807) is 6.07 Å². The summed E-state index contributed by atoms with van der Waals surface area (Å²) in [4.78, 5) is 0. The van der Waals surface area contributed by atoms with E-state index in [0.29, 0.717) is 10.6 Å². The molecule has 0 radical (unpaired) electrons. The van der Waals surface area contributed by atoms with Gasteiger partial charge in [0.15, 0.2) is 9.84 Å². The second-order valence-electron chi connectivity index (χ2n) is 4.07. The molecule has 0 atom stereocenters. The van der Waals surface area contributed by atoms with Crippen molar-refractivity contribution in [2.45, 2.75) is 5.75 Å². The van der Waals surface area contributed by atoms with Crippen molar-refractivity contribution < 1.29 is 16.8 Å². The van der Waals surface area contributed by atoms with Crippen molar-refractivity contribution in [3.63, 3.8) is 0 Å². The molecule has 0 aliphatic carbocycles. The molecular formula is C10H14ClNO4S2. The summed E-state index contributed by atoms with van der Waals surface area (Å²) < 4.78 is 45.3. The van der Waals surface area contributed by atoms with E-state index in [4.69, 9.17) is 17.3 Å². The zero-order valence-electron chi connectivity index (χ0n) is 9.76. The highest BCUT2D eigenvalue weighted by molar-refractivity contribution is 7.94. The number of halogens is 1. The van der Waals surface area contributed by atoms with Gasteiger partial charge in [-0.05, 0) is 17.7 Å². The molecule has 0 saturated heterocycles. The fourth-order valence-corrected chi connectivity index (χ4v) is 4.57. The van der Waals surface area contributed by atoms with Crippen molar-refractivity contribution in [3.05, 3.63) is 28.8 Å². The SMILES string of the molecule is CS(=O)(=O)CCS(=O)(=O)Cc1ccc(Cl)cc1N. The van der Waals surface area contributed by atoms with E-state index in [9.17, 15) is 16.8 Å². The first kappa shape index (κ1) is 15.3. The van der Waals surface area contributed by atoms with Crippen molar-refractivity contribution in [2.75, 3.05) is 23.5 Å². The molecule has 0 spiro atoms. The topological polar surface area (TPSA) is 94.3 Å². The molecule has 5 nitrogen and oxygen atoms in total. The molecule has 0 bridgehead atoms. The number of nitrogen functional groups attached to an aromatic ring is 1. The lowest BCUT2D eigenvalue weighted by molar-refractivity contribution is 0.589. The summed E-state index contributed by atoms with van der Waals surface area (Å²) in [6, 6.07) is 4.53. The van der Waals surface area contributed by atoms with Gasteiger partial charge in [0, 0.05) is 17.0 Å². The summed E-state index contributed by atoms with van der Waals surface area (Å²) >= 11 is 5.70. The minimum absolute atomic E-state index is 0.283. The third-order valence-corrected chi connectivity index (χ3v) is 5.26. The monoisotopic (exact) mass is 311 g/mol. The quantitative estimate of drug-likeness (QED) is 0.815. The van der Waals surface area contributed by atoms with Crippen LogP contribution in [0.15, 0.2) is 18.2 Å². The fourth-order valence-electron chi connectivity index (χ4n) is 1.28. The van der Waals surface area contributed by atoms with Crippen LogP contribution in [-0.4, -0.2) is 34.6 Å². The van der Waals surface area contributed by atoms with Crippen molar-refractivity contribution in [2.24, 2.45) is 0 Å². The van der Waals surface area contributed by atoms with Gasteiger partial charge in [0.2, 0.25) is 0 Å². The Morgan fingerprint density at radius 1 is 1.17 bits per heavy atom. The molecule has 1 rings (SSSR count). The maximum absolute atomic E-state index is 11.7. The van der Waals surface area contributed by atoms with Crippen molar-refractivity contribution >= 4 is 37.0 Å². The van der Waals surface area contributed by atoms with Crippen LogP contribution in [0.5, 0.6) is 0 Å². The standard InChI is InChI=1S/C10H14ClNO4S2/c1-17(13,14)4-5-18(15,16)7-8-2-3-9(11)6-10(8)12/h2-3,6H,4-5,7,12H2,1H3. The number of hydrogen-bond donors (Lipinski definition) is 1. The summed E-state index contributed by atoms with van der Waals surface area (Å²) in [6.07, 6.45) is 0.999. The first-order valence-electron chi connectivity index (χ1n) is 5.01. The molecule has 0 aliphatic heterocycles. The summed E-state index contributed by atoms with van der Waals surface area (Å²) in [7, 11) is -6.80. The lowest BCUT2D eigenvalue weighted by Crippen LogP contribution is -2.18. The molecule has 1 aromatic rings. The normalized spacial score (nSPS) is 12.6. The minimum atomic E-state index is -3.51. The number of anilines is 1. The number of benzene rings is 1. The van der Waals surface area contributed by atoms with Gasteiger partial charge < -0.3 is 5.73 Å². The highest BCUT2D eigenvalue weighted by Crippen LogP contribution is 2.20. The van der Waals surface area contributed by atoms with Crippen LogP contribution < -0.4 is 5.73 Å². The Bertz CT molecular complexity index is 638. The number of nitrogens with two attached hydrogens (primary N) is 1. The molecule has 0 saturated carbocycles. The van der Waals surface area contributed by atoms with E-state index in [1.807, 2.05) is 0 Å². The molecule has 0 unspecified atom stereocenters. The van der Waals surface area contributed by atoms with Crippen LogP contribution in [0.3, 0.4) is 0 Å². The first-order valence-corrected chi connectivity index (χ1v) is 9.27. The lowest BCUT2D eigenvalue weighted by Gasteiger charge is -2.07. The molecule has 0 heterocycles. The van der Waals surface area contributed by atoms with Gasteiger partial charge in [-0.1, -0.05) is 17.7 Å². The summed E-state index contributed by atoms with van der Waals surface area (Å²) in [5.74, 6) is -1.08. The largest absolute Gasteiger partial charge is 0.398 e. The van der Waals surface area contributed by atoms with Gasteiger partial charge in [-0.2, -0.15) is 0 Å². The van der Waals surface area contributed by atoms with Crippen molar-refractivity contribution in [3.8, 4) is 0 Å². The maximum Gasteiger partial charge on any atom is 0.155 e. The predicted octanol–water partition coefficient (Wildman–Crippen LogP) is 0.882. The molecule has 8 heteroatoms. The molecule has 1 aromatic carbocycles. The average Bonchev–Trinajstić information content (AvgIpc) is 2.19. The third-order valence-electron chi connectivity index (χ3n) is 2.25. The smallest absolute Gasteiger partial charge is 0.155 e. The number of hydrogen-bond acceptors (Lipinski definition) is 5. The summed E-state index contributed by atoms with van der Waals surface area (Å²) in [5, 5.41) is 0.421. The second kappa shape index (κ2) is 5.46. The zero-order chi connectivity index (χ0) is 14.0. The van der Waals surface area contributed by atoms with Gasteiger partial charge in [-0.25, -0.2) is 16.8 Å². The van der Waals surface area contributed by atoms with Crippen LogP contribution in [0, 0.1) is 0 Å². The van der Waals surface area contributed by atoms with E-state index in [0.717, 1.165) is 6.26 Å². The lowest BCUT2D eigenvalue weighted by atomic mass is 10.2. The van der Waals surface area contributed by atoms with E-state index >= 15 is 0 Å². The average molecular weight is 312 g/mol. The molecule has 18 heavy (non-hydrogen) atoms. The predicted molar refractivity (Wildman–Crippen MR) is 73.1 cm³/mol. The molecule has 2 N–H and O–H groups in total. The van der Waals surface area contributed by atoms with Crippen LogP contribution in [0.2, 0.25) is 5.02 Å². The third kappa shape index (κ3) is 5.24. The van der Waals surface area contributed by atoms with Gasteiger partial charge in [-0.15, -0.1) is 0 Å². The first-order chi connectivity index (χ1) is 8.09. The van der Waals surface area contributed by atoms with Crippen LogP contribution in [0.1, 0.15) is 5.56 Å². The Labute approximate surface area is 112 Å². The fraction of sp³-hybridized carbons (Fsp3) is 0.400. The van der Waals surface area contributed by atoms with Gasteiger partial charge >= 0.3 is 0 Å². The zero-order valence-corrected chi connectivity index (χ0v) is 12.1. The summed E-state index contributed by atoms with van der Waals surface area (Å²) in [6.45, 7) is 0. The van der Waals surface area contributed by atoms with E-state index in [-0.39, 0.29) is 17.2 Å². The van der Waals surface area contributed by atoms with Crippen LogP contribution >= 0.6 is 11.6 Å². The van der Waals surface area contributed by atoms with Crippen LogP contribution in [-0.2, 0) is 25.4 Å². The highest BCUT2D eigenvalue weighted by atomic mass is 35.5. The molecule has 0 fully saturated rings. The maximum atomic E-state index is 11.7. The van der Waals surface area contributed by atoms with Gasteiger partial charge in [-0.3, -0.25) is 0 Å². The van der Waals surface area contributed by atoms with Crippen molar-refractivity contribution in [1.29, 1.82) is 0 Å². The van der Waals surface area contributed by atoms with Gasteiger partial charge in [0.05, 0.1) is 17.3 Å². The Kier molecular flexibility index (Phi) is 4.63. The second-order valence-corrected chi connectivity index (χ2v) is 8.95. The van der Waals surface area contributed by atoms with E-state index in [1.165, 1.54) is 12.1 Å². The Morgan fingerprint density at radius 2 is 1.78 bits per heavy atom. The molecule has 102 valence electrons. The van der Waals surface area contributed by atoms with Crippen molar-refractivity contribution in [1.82, 2.24) is 0 Å². The molecule has 0 amide bonds. The number of sulfone groups is 2. The van der Waals surface area contributed by atoms with Crippen LogP contribution in [0.25, 0.3) is 0 Å². The molecule has 0 aromatic heterocycles. The Hall–Kier alpha value is -0.790. The highest BCUT2D eigenvalue weighted by Gasteiger charge is 2.16. The minimum Gasteiger partial charge on any atom is -0.398 e. The van der Waals surface area contributed by atoms with E-state index < -0.39 is 25.4 Å². The Morgan fingerprint density at radius 3 is 2.28 bits per heavy atom. The van der Waals surface area contributed by atoms with Crippen LogP contribution in [0.4, 0.5) is 5.69 Å². The van der Waals surface area contributed by atoms with Gasteiger partial charge in [0.1, 0.15) is 9.84 Å². The number of rotatable bonds is 5. The Balaban J connectivity index is 2.83. The summed E-state index contributed by atoms with van der Waals surface area (Å²) in [5.41, 5.74) is 6.35. The van der Waals surface area contributed by atoms with Gasteiger partial charge in [0.25, 0.3) is 0 Å². The van der Waals surface area contributed by atoms with E-state index in [2.05, 4.69) is 0 Å². The molecular weight excluding hydrogens is 298 g/mol. The molecule has 0 aliphatic rings.